The zero-order valence-electron chi connectivity index (χ0n) is 7.49. The molecule has 0 aliphatic heterocycles. The van der Waals surface area contributed by atoms with Crippen LogP contribution in [0.1, 0.15) is 10.4 Å². The molecule has 5 heteroatoms. The number of carbonyl (C=O) groups is 1. The average Bonchev–Trinajstić information content (AvgIpc) is 2.43. The van der Waals surface area contributed by atoms with Crippen LogP contribution in [0.2, 0.25) is 0 Å². The largest absolute Gasteiger partial charge is 0.366 e. The molecule has 2 N–H and O–H groups in total. The van der Waals surface area contributed by atoms with E-state index in [0.717, 1.165) is 15.5 Å². The first-order chi connectivity index (χ1) is 6.59. The molecule has 14 heavy (non-hydrogen) atoms. The van der Waals surface area contributed by atoms with E-state index in [2.05, 4.69) is 20.9 Å². The van der Waals surface area contributed by atoms with Gasteiger partial charge in [0.1, 0.15) is 5.65 Å². The summed E-state index contributed by atoms with van der Waals surface area (Å²) in [6.07, 6.45) is 3.37. The van der Waals surface area contributed by atoms with Crippen LogP contribution in [-0.2, 0) is 7.05 Å². The van der Waals surface area contributed by atoms with E-state index in [1.807, 2.05) is 13.1 Å². The molecule has 1 amide bonds. The number of nitrogens with zero attached hydrogens (tertiary/aromatic N) is 2. The van der Waals surface area contributed by atoms with Crippen LogP contribution in [0.4, 0.5) is 0 Å². The predicted octanol–water partition coefficient (Wildman–Crippen LogP) is 1.43. The fourth-order valence-corrected chi connectivity index (χ4v) is 1.76. The van der Waals surface area contributed by atoms with E-state index in [0.29, 0.717) is 5.56 Å². The van der Waals surface area contributed by atoms with E-state index < -0.39 is 5.91 Å². The molecule has 0 aliphatic rings. The van der Waals surface area contributed by atoms with Crippen LogP contribution in [-0.4, -0.2) is 15.5 Å². The van der Waals surface area contributed by atoms with Gasteiger partial charge in [0.15, 0.2) is 0 Å². The summed E-state index contributed by atoms with van der Waals surface area (Å²) >= 11 is 3.30. The molecule has 0 aromatic carbocycles. The van der Waals surface area contributed by atoms with E-state index >= 15 is 0 Å². The Kier molecular flexibility index (Phi) is 2.03. The Labute approximate surface area is 88.9 Å². The molecular weight excluding hydrogens is 246 g/mol. The van der Waals surface area contributed by atoms with Gasteiger partial charge in [-0.25, -0.2) is 4.98 Å². The van der Waals surface area contributed by atoms with Crippen LogP contribution in [0.3, 0.4) is 0 Å². The number of halogens is 1. The summed E-state index contributed by atoms with van der Waals surface area (Å²) in [5.41, 5.74) is 6.50. The number of hydrogen-bond acceptors (Lipinski definition) is 2. The van der Waals surface area contributed by atoms with Crippen molar-refractivity contribution in [3.63, 3.8) is 0 Å². The van der Waals surface area contributed by atoms with Crippen molar-refractivity contribution in [2.24, 2.45) is 12.8 Å². The summed E-state index contributed by atoms with van der Waals surface area (Å²) in [6, 6.07) is 1.84. The first kappa shape index (κ1) is 9.21. The van der Waals surface area contributed by atoms with Crippen LogP contribution >= 0.6 is 15.9 Å². The Hall–Kier alpha value is -1.36. The summed E-state index contributed by atoms with van der Waals surface area (Å²) < 4.78 is 2.61. The summed E-state index contributed by atoms with van der Waals surface area (Å²) in [7, 11) is 1.83. The second-order valence-corrected chi connectivity index (χ2v) is 3.96. The number of nitrogens with two attached hydrogens (primary N) is 1. The molecule has 2 heterocycles. The minimum absolute atomic E-state index is 0.435. The summed E-state index contributed by atoms with van der Waals surface area (Å²) in [5, 5.41) is 0.773. The maximum absolute atomic E-state index is 11.1. The minimum atomic E-state index is -0.435. The molecule has 0 aliphatic carbocycles. The maximum atomic E-state index is 11.1. The number of hydrogen-bond donors (Lipinski definition) is 1. The van der Waals surface area contributed by atoms with Crippen LogP contribution in [0.15, 0.2) is 22.9 Å². The van der Waals surface area contributed by atoms with Gasteiger partial charge < -0.3 is 10.3 Å². The third kappa shape index (κ3) is 1.29. The van der Waals surface area contributed by atoms with Gasteiger partial charge in [-0.1, -0.05) is 0 Å². The van der Waals surface area contributed by atoms with Crippen molar-refractivity contribution in [2.75, 3.05) is 0 Å². The smallest absolute Gasteiger partial charge is 0.250 e. The van der Waals surface area contributed by atoms with Crippen molar-refractivity contribution in [3.8, 4) is 0 Å². The molecule has 0 fully saturated rings. The molecule has 2 aromatic rings. The maximum Gasteiger partial charge on any atom is 0.250 e. The summed E-state index contributed by atoms with van der Waals surface area (Å²) in [5.74, 6) is -0.435. The lowest BCUT2D eigenvalue weighted by Gasteiger charge is -1.94. The molecule has 72 valence electrons. The number of fused-ring (bicyclic) bond motifs is 1. The second-order valence-electron chi connectivity index (χ2n) is 3.04. The molecule has 0 unspecified atom stereocenters. The van der Waals surface area contributed by atoms with E-state index in [4.69, 9.17) is 5.73 Å². The molecule has 0 radical (unpaired) electrons. The van der Waals surface area contributed by atoms with Crippen molar-refractivity contribution in [1.82, 2.24) is 9.55 Å². The Morgan fingerprint density at radius 2 is 2.36 bits per heavy atom. The number of rotatable bonds is 1. The van der Waals surface area contributed by atoms with Crippen LogP contribution in [0.5, 0.6) is 0 Å². The Bertz CT molecular complexity index is 518. The van der Waals surface area contributed by atoms with Crippen LogP contribution < -0.4 is 5.73 Å². The molecule has 0 bridgehead atoms. The lowest BCUT2D eigenvalue weighted by atomic mass is 10.2. The number of aromatic nitrogens is 2. The van der Waals surface area contributed by atoms with E-state index in [-0.39, 0.29) is 0 Å². The molecule has 0 saturated carbocycles. The number of aryl methyl sites for hydroxylation is 1. The van der Waals surface area contributed by atoms with Gasteiger partial charge in [0, 0.05) is 29.3 Å². The van der Waals surface area contributed by atoms with Gasteiger partial charge in [0.25, 0.3) is 5.91 Å². The number of primary amides is 1. The summed E-state index contributed by atoms with van der Waals surface area (Å²) in [6.45, 7) is 0. The normalized spacial score (nSPS) is 10.7. The first-order valence-corrected chi connectivity index (χ1v) is 4.79. The van der Waals surface area contributed by atoms with Crippen molar-refractivity contribution in [3.05, 3.63) is 28.5 Å². The summed E-state index contributed by atoms with van der Waals surface area (Å²) in [4.78, 5) is 15.3. The van der Waals surface area contributed by atoms with Gasteiger partial charge in [-0.15, -0.1) is 0 Å². The minimum Gasteiger partial charge on any atom is -0.366 e. The zero-order chi connectivity index (χ0) is 10.3. The van der Waals surface area contributed by atoms with Gasteiger partial charge in [-0.05, 0) is 22.0 Å². The average molecular weight is 254 g/mol. The Balaban J connectivity index is 2.85. The molecular formula is C9H8BrN3O. The Morgan fingerprint density at radius 3 is 3.00 bits per heavy atom. The number of carbonyl (C=O) groups excluding carboxylic acids is 1. The van der Waals surface area contributed by atoms with E-state index in [9.17, 15) is 4.79 Å². The number of amides is 1. The highest BCUT2D eigenvalue weighted by Crippen LogP contribution is 2.21. The Morgan fingerprint density at radius 1 is 1.64 bits per heavy atom. The highest BCUT2D eigenvalue weighted by Gasteiger charge is 2.11. The molecule has 2 aromatic heterocycles. The topological polar surface area (TPSA) is 60.9 Å². The van der Waals surface area contributed by atoms with Crippen molar-refractivity contribution in [2.45, 2.75) is 0 Å². The van der Waals surface area contributed by atoms with Crippen molar-refractivity contribution < 1.29 is 4.79 Å². The van der Waals surface area contributed by atoms with Gasteiger partial charge in [0.05, 0.1) is 5.56 Å². The monoisotopic (exact) mass is 253 g/mol. The number of pyridine rings is 1. The molecule has 0 atom stereocenters. The van der Waals surface area contributed by atoms with Gasteiger partial charge >= 0.3 is 0 Å². The molecule has 2 rings (SSSR count). The SMILES string of the molecule is Cn1cc(C(N)=O)c2cc(Br)cnc21. The van der Waals surface area contributed by atoms with Crippen LogP contribution in [0.25, 0.3) is 11.0 Å². The van der Waals surface area contributed by atoms with E-state index in [1.54, 1.807) is 17.0 Å². The fourth-order valence-electron chi connectivity index (χ4n) is 1.43. The predicted molar refractivity (Wildman–Crippen MR) is 56.9 cm³/mol. The highest BCUT2D eigenvalue weighted by atomic mass is 79.9. The van der Waals surface area contributed by atoms with Gasteiger partial charge in [-0.2, -0.15) is 0 Å². The third-order valence-electron chi connectivity index (χ3n) is 2.05. The lowest BCUT2D eigenvalue weighted by molar-refractivity contribution is 0.100. The molecule has 4 nitrogen and oxygen atoms in total. The lowest BCUT2D eigenvalue weighted by Crippen LogP contribution is -2.10. The molecule has 0 saturated heterocycles. The highest BCUT2D eigenvalue weighted by molar-refractivity contribution is 9.10. The molecule has 0 spiro atoms. The zero-order valence-corrected chi connectivity index (χ0v) is 9.08. The second kappa shape index (κ2) is 3.09. The van der Waals surface area contributed by atoms with Crippen LogP contribution in [0, 0.1) is 0 Å². The van der Waals surface area contributed by atoms with Crippen molar-refractivity contribution in [1.29, 1.82) is 0 Å². The fraction of sp³-hybridized carbons (Fsp3) is 0.111. The third-order valence-corrected chi connectivity index (χ3v) is 2.48. The van der Waals surface area contributed by atoms with Crippen molar-refractivity contribution >= 4 is 32.9 Å². The van der Waals surface area contributed by atoms with Gasteiger partial charge in [0.2, 0.25) is 0 Å². The van der Waals surface area contributed by atoms with Gasteiger partial charge in [-0.3, -0.25) is 4.79 Å². The van der Waals surface area contributed by atoms with E-state index in [1.165, 1.54) is 0 Å². The quantitative estimate of drug-likeness (QED) is 0.836. The first-order valence-electron chi connectivity index (χ1n) is 4.00. The standard InChI is InChI=1S/C9H8BrN3O/c1-13-4-7(8(11)14)6-2-5(10)3-12-9(6)13/h2-4H,1H3,(H2,11,14).